The third-order valence-electron chi connectivity index (χ3n) is 1.75. The summed E-state index contributed by atoms with van der Waals surface area (Å²) in [6.45, 7) is 1.96. The molecule has 0 radical (unpaired) electrons. The number of hydrogen-bond acceptors (Lipinski definition) is 4. The molecule has 1 unspecified atom stereocenters. The van der Waals surface area contributed by atoms with Gasteiger partial charge in [0.15, 0.2) is 0 Å². The van der Waals surface area contributed by atoms with Gasteiger partial charge in [-0.2, -0.15) is 0 Å². The molecule has 1 aromatic heterocycles. The third-order valence-corrected chi connectivity index (χ3v) is 1.75. The lowest BCUT2D eigenvalue weighted by Crippen LogP contribution is -2.25. The predicted molar refractivity (Wildman–Crippen MR) is 46.5 cm³/mol. The average molecular weight is 167 g/mol. The van der Waals surface area contributed by atoms with Crippen LogP contribution in [-0.2, 0) is 0 Å². The van der Waals surface area contributed by atoms with Crippen LogP contribution in [0.1, 0.15) is 18.5 Å². The van der Waals surface area contributed by atoms with Gasteiger partial charge in [-0.1, -0.05) is 0 Å². The Bertz CT molecular complexity index is 252. The smallest absolute Gasteiger partial charge is 0.141 e. The number of pyridine rings is 1. The Balaban J connectivity index is 2.96. The van der Waals surface area contributed by atoms with E-state index in [0.717, 1.165) is 11.3 Å². The van der Waals surface area contributed by atoms with Crippen LogP contribution < -0.4 is 16.0 Å². The Kier molecular flexibility index (Phi) is 3.01. The molecule has 0 bridgehead atoms. The molecule has 0 aliphatic rings. The van der Waals surface area contributed by atoms with Crippen LogP contribution in [0.4, 0.5) is 0 Å². The summed E-state index contributed by atoms with van der Waals surface area (Å²) < 4.78 is 5.11. The van der Waals surface area contributed by atoms with Crippen LogP contribution >= 0.6 is 0 Å². The van der Waals surface area contributed by atoms with Crippen LogP contribution in [0.2, 0.25) is 0 Å². The summed E-state index contributed by atoms with van der Waals surface area (Å²) >= 11 is 0. The molecule has 0 amide bonds. The quantitative estimate of drug-likeness (QED) is 0.511. The molecule has 1 aromatic rings. The van der Waals surface area contributed by atoms with Crippen molar-refractivity contribution in [2.75, 3.05) is 7.11 Å². The maximum atomic E-state index is 5.30. The van der Waals surface area contributed by atoms with E-state index in [-0.39, 0.29) is 6.04 Å². The van der Waals surface area contributed by atoms with E-state index < -0.39 is 0 Å². The zero-order valence-corrected chi connectivity index (χ0v) is 7.24. The van der Waals surface area contributed by atoms with E-state index in [1.807, 2.05) is 13.0 Å². The summed E-state index contributed by atoms with van der Waals surface area (Å²) in [5.74, 6) is 6.05. The van der Waals surface area contributed by atoms with Crippen LogP contribution in [0.15, 0.2) is 18.5 Å². The van der Waals surface area contributed by atoms with Crippen LogP contribution in [0.3, 0.4) is 0 Å². The zero-order valence-electron chi connectivity index (χ0n) is 7.24. The Morgan fingerprint density at radius 3 is 3.00 bits per heavy atom. The van der Waals surface area contributed by atoms with Crippen molar-refractivity contribution in [2.24, 2.45) is 5.84 Å². The third kappa shape index (κ3) is 1.72. The number of nitrogens with zero attached hydrogens (tertiary/aromatic N) is 1. The van der Waals surface area contributed by atoms with Crippen molar-refractivity contribution >= 4 is 0 Å². The molecule has 0 saturated carbocycles. The molecule has 0 aliphatic heterocycles. The first-order valence-corrected chi connectivity index (χ1v) is 3.73. The van der Waals surface area contributed by atoms with E-state index in [1.54, 1.807) is 19.5 Å². The van der Waals surface area contributed by atoms with E-state index in [9.17, 15) is 0 Å². The molecular formula is C8H13N3O. The summed E-state index contributed by atoms with van der Waals surface area (Å²) in [4.78, 5) is 3.94. The fraction of sp³-hybridized carbons (Fsp3) is 0.375. The molecule has 66 valence electrons. The van der Waals surface area contributed by atoms with E-state index in [4.69, 9.17) is 10.6 Å². The minimum Gasteiger partial charge on any atom is -0.495 e. The Morgan fingerprint density at radius 1 is 1.67 bits per heavy atom. The van der Waals surface area contributed by atoms with Crippen molar-refractivity contribution in [3.8, 4) is 5.75 Å². The Hall–Kier alpha value is -1.13. The zero-order chi connectivity index (χ0) is 8.97. The fourth-order valence-corrected chi connectivity index (χ4v) is 1.01. The molecule has 0 aromatic carbocycles. The van der Waals surface area contributed by atoms with Crippen molar-refractivity contribution in [1.29, 1.82) is 0 Å². The standard InChI is InChI=1S/C8H13N3O/c1-6(11-9)7-3-4-10-5-8(7)12-2/h3-6,11H,9H2,1-2H3. The normalized spacial score (nSPS) is 12.6. The number of aromatic nitrogens is 1. The number of nitrogens with one attached hydrogen (secondary N) is 1. The van der Waals surface area contributed by atoms with Gasteiger partial charge >= 0.3 is 0 Å². The average Bonchev–Trinajstić information content (AvgIpc) is 2.16. The van der Waals surface area contributed by atoms with Gasteiger partial charge in [0.25, 0.3) is 0 Å². The van der Waals surface area contributed by atoms with E-state index >= 15 is 0 Å². The molecule has 0 saturated heterocycles. The van der Waals surface area contributed by atoms with E-state index in [2.05, 4.69) is 10.4 Å². The molecule has 0 fully saturated rings. The number of nitrogens with two attached hydrogens (primary N) is 1. The van der Waals surface area contributed by atoms with Gasteiger partial charge < -0.3 is 4.74 Å². The fourth-order valence-electron chi connectivity index (χ4n) is 1.01. The summed E-state index contributed by atoms with van der Waals surface area (Å²) in [5, 5.41) is 0. The second kappa shape index (κ2) is 4.04. The molecule has 1 rings (SSSR count). The van der Waals surface area contributed by atoms with Gasteiger partial charge in [0, 0.05) is 17.8 Å². The highest BCUT2D eigenvalue weighted by molar-refractivity contribution is 5.32. The molecular weight excluding hydrogens is 154 g/mol. The molecule has 12 heavy (non-hydrogen) atoms. The van der Waals surface area contributed by atoms with Gasteiger partial charge in [0.1, 0.15) is 5.75 Å². The highest BCUT2D eigenvalue weighted by atomic mass is 16.5. The molecule has 4 heteroatoms. The lowest BCUT2D eigenvalue weighted by molar-refractivity contribution is 0.400. The molecule has 1 atom stereocenters. The topological polar surface area (TPSA) is 60.2 Å². The Morgan fingerprint density at radius 2 is 2.42 bits per heavy atom. The molecule has 1 heterocycles. The minimum absolute atomic E-state index is 0.0722. The Labute approximate surface area is 71.7 Å². The molecule has 0 aliphatic carbocycles. The highest BCUT2D eigenvalue weighted by Gasteiger charge is 2.08. The van der Waals surface area contributed by atoms with Gasteiger partial charge in [-0.05, 0) is 13.0 Å². The van der Waals surface area contributed by atoms with Crippen LogP contribution in [0, 0.1) is 0 Å². The van der Waals surface area contributed by atoms with Crippen molar-refractivity contribution in [2.45, 2.75) is 13.0 Å². The van der Waals surface area contributed by atoms with Crippen LogP contribution in [-0.4, -0.2) is 12.1 Å². The summed E-state index contributed by atoms with van der Waals surface area (Å²) in [6.07, 6.45) is 3.38. The number of ether oxygens (including phenoxy) is 1. The molecule has 0 spiro atoms. The van der Waals surface area contributed by atoms with Gasteiger partial charge in [0.05, 0.1) is 13.3 Å². The first-order valence-electron chi connectivity index (χ1n) is 3.73. The number of hydrogen-bond donors (Lipinski definition) is 2. The first kappa shape index (κ1) is 8.96. The largest absolute Gasteiger partial charge is 0.495 e. The summed E-state index contributed by atoms with van der Waals surface area (Å²) in [5.41, 5.74) is 3.66. The number of rotatable bonds is 3. The van der Waals surface area contributed by atoms with Gasteiger partial charge in [-0.25, -0.2) is 0 Å². The van der Waals surface area contributed by atoms with Crippen molar-refractivity contribution in [3.63, 3.8) is 0 Å². The van der Waals surface area contributed by atoms with Crippen molar-refractivity contribution < 1.29 is 4.74 Å². The lowest BCUT2D eigenvalue weighted by Gasteiger charge is -2.13. The summed E-state index contributed by atoms with van der Waals surface area (Å²) in [7, 11) is 1.61. The van der Waals surface area contributed by atoms with E-state index in [1.165, 1.54) is 0 Å². The van der Waals surface area contributed by atoms with E-state index in [0.29, 0.717) is 0 Å². The molecule has 3 N–H and O–H groups in total. The maximum absolute atomic E-state index is 5.30. The first-order chi connectivity index (χ1) is 5.79. The number of methoxy groups -OCH3 is 1. The lowest BCUT2D eigenvalue weighted by atomic mass is 10.1. The van der Waals surface area contributed by atoms with Crippen LogP contribution in [0.5, 0.6) is 5.75 Å². The van der Waals surface area contributed by atoms with Gasteiger partial charge in [-0.3, -0.25) is 16.3 Å². The second-order valence-corrected chi connectivity index (χ2v) is 2.51. The maximum Gasteiger partial charge on any atom is 0.141 e. The SMILES string of the molecule is COc1cnccc1C(C)NN. The van der Waals surface area contributed by atoms with Crippen LogP contribution in [0.25, 0.3) is 0 Å². The monoisotopic (exact) mass is 167 g/mol. The minimum atomic E-state index is 0.0722. The van der Waals surface area contributed by atoms with Gasteiger partial charge in [-0.15, -0.1) is 0 Å². The number of hydrazine groups is 1. The van der Waals surface area contributed by atoms with Gasteiger partial charge in [0.2, 0.25) is 0 Å². The predicted octanol–water partition coefficient (Wildman–Crippen LogP) is 0.615. The highest BCUT2D eigenvalue weighted by Crippen LogP contribution is 2.22. The second-order valence-electron chi connectivity index (χ2n) is 2.51. The summed E-state index contributed by atoms with van der Waals surface area (Å²) in [6, 6.07) is 1.95. The van der Waals surface area contributed by atoms with Crippen molar-refractivity contribution in [3.05, 3.63) is 24.0 Å². The molecule has 4 nitrogen and oxygen atoms in total. The van der Waals surface area contributed by atoms with Crippen molar-refractivity contribution in [1.82, 2.24) is 10.4 Å².